The number of nitrogens with zero attached hydrogens (tertiary/aromatic N) is 3. The minimum absolute atomic E-state index is 0.0227. The van der Waals surface area contributed by atoms with E-state index in [0.717, 1.165) is 114 Å². The molecular formula is C38H56N4O7S. The van der Waals surface area contributed by atoms with Crippen molar-refractivity contribution in [2.75, 3.05) is 37.6 Å². The van der Waals surface area contributed by atoms with Crippen LogP contribution in [-0.2, 0) is 10.0 Å². The van der Waals surface area contributed by atoms with E-state index in [1.165, 1.54) is 28.6 Å². The highest BCUT2D eigenvalue weighted by Gasteiger charge is 2.30. The standard InChI is InChI=1S/C38H56N4O7S/c1-4-7-8-20-27-41(50(47,48)36-23-18-17-22-34(36)42(45)46)28-21-16-14-12-10-9-11-13-15-19-26-39-37(43)33-29-31-24-25-32(40(5-2)6-3)30-35(31)49-38(33)44/h17-18,22-25,29-30H,4-16,19-21,26-28H2,1-3H3,(H,39,43). The Balaban J connectivity index is 1.31. The fraction of sp³-hybridized carbons (Fsp3) is 0.579. The minimum Gasteiger partial charge on any atom is -0.422 e. The number of amides is 1. The lowest BCUT2D eigenvalue weighted by molar-refractivity contribution is -0.387. The van der Waals surface area contributed by atoms with E-state index in [4.69, 9.17) is 4.42 Å². The number of carbonyl (C=O) groups excluding carboxylic acids is 1. The zero-order valence-corrected chi connectivity index (χ0v) is 31.0. The van der Waals surface area contributed by atoms with Crippen LogP contribution in [-0.4, -0.2) is 56.3 Å². The largest absolute Gasteiger partial charge is 0.422 e. The fourth-order valence-corrected chi connectivity index (χ4v) is 7.87. The third kappa shape index (κ3) is 12.2. The Morgan fingerprint density at radius 2 is 1.38 bits per heavy atom. The Bertz CT molecular complexity index is 1670. The molecule has 1 amide bonds. The van der Waals surface area contributed by atoms with Gasteiger partial charge in [0.1, 0.15) is 11.1 Å². The van der Waals surface area contributed by atoms with Crippen molar-refractivity contribution in [1.82, 2.24) is 9.62 Å². The molecule has 3 rings (SSSR count). The first-order chi connectivity index (χ1) is 24.1. The lowest BCUT2D eigenvalue weighted by atomic mass is 10.1. The summed E-state index contributed by atoms with van der Waals surface area (Å²) in [5, 5.41) is 15.1. The first-order valence-corrected chi connectivity index (χ1v) is 19.9. The molecule has 0 aliphatic heterocycles. The molecule has 0 fully saturated rings. The van der Waals surface area contributed by atoms with Crippen LogP contribution in [0, 0.1) is 10.1 Å². The zero-order chi connectivity index (χ0) is 36.4. The number of unbranched alkanes of at least 4 members (excludes halogenated alkanes) is 12. The number of carbonyl (C=O) groups is 1. The maximum absolute atomic E-state index is 13.4. The number of nitrogens with one attached hydrogen (secondary N) is 1. The smallest absolute Gasteiger partial charge is 0.349 e. The highest BCUT2D eigenvalue weighted by atomic mass is 32.2. The molecule has 3 aromatic rings. The van der Waals surface area contributed by atoms with Crippen molar-refractivity contribution in [1.29, 1.82) is 0 Å². The summed E-state index contributed by atoms with van der Waals surface area (Å²) in [7, 11) is -3.96. The molecule has 0 bridgehead atoms. The van der Waals surface area contributed by atoms with Crippen LogP contribution in [0.1, 0.15) is 121 Å². The molecule has 0 saturated carbocycles. The van der Waals surface area contributed by atoms with Crippen LogP contribution in [0.25, 0.3) is 11.0 Å². The molecule has 0 saturated heterocycles. The van der Waals surface area contributed by atoms with E-state index >= 15 is 0 Å². The van der Waals surface area contributed by atoms with Crippen LogP contribution in [0.3, 0.4) is 0 Å². The molecule has 1 aromatic heterocycles. The second-order valence-electron chi connectivity index (χ2n) is 12.8. The molecule has 50 heavy (non-hydrogen) atoms. The summed E-state index contributed by atoms with van der Waals surface area (Å²) in [6.45, 7) is 9.16. The normalized spacial score (nSPS) is 11.7. The number of benzene rings is 2. The predicted molar refractivity (Wildman–Crippen MR) is 201 cm³/mol. The van der Waals surface area contributed by atoms with Gasteiger partial charge in [-0.3, -0.25) is 14.9 Å². The maximum atomic E-state index is 13.4. The average Bonchev–Trinajstić information content (AvgIpc) is 3.11. The molecule has 1 N–H and O–H groups in total. The Morgan fingerprint density at radius 3 is 1.98 bits per heavy atom. The summed E-state index contributed by atoms with van der Waals surface area (Å²) in [5.41, 5.74) is 0.464. The molecule has 0 aliphatic carbocycles. The maximum Gasteiger partial charge on any atom is 0.349 e. The number of nitro groups is 1. The van der Waals surface area contributed by atoms with Gasteiger partial charge in [-0.1, -0.05) is 89.7 Å². The van der Waals surface area contributed by atoms with Gasteiger partial charge < -0.3 is 14.6 Å². The van der Waals surface area contributed by atoms with Crippen LogP contribution in [0.5, 0.6) is 0 Å². The number of nitro benzene ring substituents is 1. The number of para-hydroxylation sites is 1. The molecular weight excluding hydrogens is 657 g/mol. The first kappa shape index (κ1) is 40.7. The van der Waals surface area contributed by atoms with E-state index in [-0.39, 0.29) is 16.1 Å². The molecule has 0 unspecified atom stereocenters. The van der Waals surface area contributed by atoms with Crippen LogP contribution in [0.4, 0.5) is 11.4 Å². The highest BCUT2D eigenvalue weighted by Crippen LogP contribution is 2.27. The predicted octanol–water partition coefficient (Wildman–Crippen LogP) is 8.45. The molecule has 12 heteroatoms. The Hall–Kier alpha value is -3.77. The van der Waals surface area contributed by atoms with Crippen molar-refractivity contribution in [3.05, 3.63) is 74.6 Å². The van der Waals surface area contributed by atoms with Crippen molar-refractivity contribution >= 4 is 38.3 Å². The van der Waals surface area contributed by atoms with Crippen molar-refractivity contribution in [3.63, 3.8) is 0 Å². The molecule has 1 heterocycles. The highest BCUT2D eigenvalue weighted by molar-refractivity contribution is 7.89. The van der Waals surface area contributed by atoms with Crippen molar-refractivity contribution in [2.24, 2.45) is 0 Å². The topological polar surface area (TPSA) is 143 Å². The lowest BCUT2D eigenvalue weighted by Gasteiger charge is -2.22. The van der Waals surface area contributed by atoms with Crippen LogP contribution < -0.4 is 15.8 Å². The quantitative estimate of drug-likeness (QED) is 0.0399. The first-order valence-electron chi connectivity index (χ1n) is 18.5. The third-order valence-electron chi connectivity index (χ3n) is 9.15. The van der Waals surface area contributed by atoms with Crippen molar-refractivity contribution in [3.8, 4) is 0 Å². The summed E-state index contributed by atoms with van der Waals surface area (Å²) in [6.07, 6.45) is 13.7. The van der Waals surface area contributed by atoms with Gasteiger partial charge in [-0.2, -0.15) is 4.31 Å². The zero-order valence-electron chi connectivity index (χ0n) is 30.2. The molecule has 0 radical (unpaired) electrons. The van der Waals surface area contributed by atoms with Gasteiger partial charge in [0.25, 0.3) is 11.6 Å². The van der Waals surface area contributed by atoms with Crippen molar-refractivity contribution in [2.45, 2.75) is 116 Å². The monoisotopic (exact) mass is 712 g/mol. The van der Waals surface area contributed by atoms with E-state index in [9.17, 15) is 28.1 Å². The molecule has 0 spiro atoms. The fourth-order valence-electron chi connectivity index (χ4n) is 6.20. The number of anilines is 1. The Kier molecular flexibility index (Phi) is 17.4. The Morgan fingerprint density at radius 1 is 0.800 bits per heavy atom. The van der Waals surface area contributed by atoms with Gasteiger partial charge in [0.05, 0.1) is 4.92 Å². The number of rotatable bonds is 25. The summed E-state index contributed by atoms with van der Waals surface area (Å²) in [6, 6.07) is 12.9. The number of fused-ring (bicyclic) bond motifs is 1. The number of hydrogen-bond acceptors (Lipinski definition) is 8. The van der Waals surface area contributed by atoms with Gasteiger partial charge >= 0.3 is 5.63 Å². The van der Waals surface area contributed by atoms with Crippen molar-refractivity contribution < 1.29 is 22.6 Å². The SMILES string of the molecule is CCCCCCN(CCCCCCCCCCCCNC(=O)c1cc2ccc(N(CC)CC)cc2oc1=O)S(=O)(=O)c1ccccc1[N+](=O)[O-]. The second kappa shape index (κ2) is 21.4. The van der Waals surface area contributed by atoms with Gasteiger partial charge in [0, 0.05) is 55.9 Å². The van der Waals surface area contributed by atoms with Crippen LogP contribution >= 0.6 is 0 Å². The van der Waals surface area contributed by atoms with Gasteiger partial charge in [-0.25, -0.2) is 13.2 Å². The van der Waals surface area contributed by atoms with E-state index < -0.39 is 26.5 Å². The summed E-state index contributed by atoms with van der Waals surface area (Å²) >= 11 is 0. The van der Waals surface area contributed by atoms with E-state index in [0.29, 0.717) is 25.2 Å². The molecule has 276 valence electrons. The lowest BCUT2D eigenvalue weighted by Crippen LogP contribution is -2.33. The molecule has 11 nitrogen and oxygen atoms in total. The molecule has 2 aromatic carbocycles. The summed E-state index contributed by atoms with van der Waals surface area (Å²) < 4.78 is 33.8. The summed E-state index contributed by atoms with van der Waals surface area (Å²) in [5.74, 6) is -0.410. The van der Waals surface area contributed by atoms with Crippen LogP contribution in [0.15, 0.2) is 62.6 Å². The van der Waals surface area contributed by atoms with E-state index in [2.05, 4.69) is 31.0 Å². The van der Waals surface area contributed by atoms with Gasteiger partial charge in [-0.15, -0.1) is 0 Å². The van der Waals surface area contributed by atoms with Gasteiger partial charge in [0.15, 0.2) is 4.90 Å². The minimum atomic E-state index is -3.96. The molecule has 0 aliphatic rings. The number of hydrogen-bond donors (Lipinski definition) is 1. The molecule has 0 atom stereocenters. The van der Waals surface area contributed by atoms with E-state index in [1.807, 2.05) is 18.2 Å². The average molecular weight is 713 g/mol. The van der Waals surface area contributed by atoms with Crippen LogP contribution in [0.2, 0.25) is 0 Å². The third-order valence-corrected chi connectivity index (χ3v) is 11.1. The Labute approximate surface area is 297 Å². The van der Waals surface area contributed by atoms with E-state index in [1.54, 1.807) is 6.07 Å². The van der Waals surface area contributed by atoms with Gasteiger partial charge in [0.2, 0.25) is 10.0 Å². The second-order valence-corrected chi connectivity index (χ2v) is 14.7. The van der Waals surface area contributed by atoms with Gasteiger partial charge in [-0.05, 0) is 57.4 Å². The summed E-state index contributed by atoms with van der Waals surface area (Å²) in [4.78, 5) is 38.0. The number of sulfonamides is 1.